The molecule has 2 aromatic rings. The second kappa shape index (κ2) is 6.90. The highest BCUT2D eigenvalue weighted by atomic mass is 35.5. The zero-order valence-electron chi connectivity index (χ0n) is 10.9. The highest BCUT2D eigenvalue weighted by Crippen LogP contribution is 2.18. The molecule has 2 aromatic carbocycles. The number of carboxylic acids is 1. The van der Waals surface area contributed by atoms with Gasteiger partial charge in [0.1, 0.15) is 18.2 Å². The van der Waals surface area contributed by atoms with Gasteiger partial charge in [-0.15, -0.1) is 0 Å². The Morgan fingerprint density at radius 2 is 1.95 bits per heavy atom. The fourth-order valence-corrected chi connectivity index (χ4v) is 1.76. The molecule has 0 aliphatic heterocycles. The third kappa shape index (κ3) is 4.61. The monoisotopic (exact) mass is 306 g/mol. The van der Waals surface area contributed by atoms with Crippen LogP contribution in [0.3, 0.4) is 0 Å². The van der Waals surface area contributed by atoms with E-state index in [9.17, 15) is 9.18 Å². The lowest BCUT2D eigenvalue weighted by Crippen LogP contribution is -1.96. The Morgan fingerprint density at radius 3 is 2.57 bits per heavy atom. The zero-order chi connectivity index (χ0) is 15.2. The van der Waals surface area contributed by atoms with Gasteiger partial charge in [-0.25, -0.2) is 9.18 Å². The predicted octanol–water partition coefficient (Wildman–Crippen LogP) is 4.16. The Balaban J connectivity index is 1.97. The molecule has 0 bridgehead atoms. The number of carboxylic acid groups (broad SMARTS) is 1. The summed E-state index contributed by atoms with van der Waals surface area (Å²) in [5.74, 6) is -0.871. The lowest BCUT2D eigenvalue weighted by Gasteiger charge is -2.07. The minimum absolute atomic E-state index is 0.0771. The molecule has 0 fully saturated rings. The molecular weight excluding hydrogens is 295 g/mol. The first-order valence-corrected chi connectivity index (χ1v) is 6.50. The van der Waals surface area contributed by atoms with E-state index >= 15 is 0 Å². The lowest BCUT2D eigenvalue weighted by atomic mass is 10.2. The van der Waals surface area contributed by atoms with Crippen LogP contribution in [0.4, 0.5) is 4.39 Å². The molecule has 2 rings (SSSR count). The maximum absolute atomic E-state index is 13.3. The first kappa shape index (κ1) is 15.1. The number of hydrogen-bond donors (Lipinski definition) is 1. The average Bonchev–Trinajstić information content (AvgIpc) is 2.47. The zero-order valence-corrected chi connectivity index (χ0v) is 11.7. The van der Waals surface area contributed by atoms with Crippen LogP contribution in [0, 0.1) is 5.82 Å². The molecule has 21 heavy (non-hydrogen) atoms. The average molecular weight is 307 g/mol. The molecule has 1 N–H and O–H groups in total. The Labute approximate surface area is 126 Å². The van der Waals surface area contributed by atoms with Crippen molar-refractivity contribution in [1.82, 2.24) is 0 Å². The van der Waals surface area contributed by atoms with Crippen molar-refractivity contribution in [2.24, 2.45) is 0 Å². The quantitative estimate of drug-likeness (QED) is 0.844. The molecule has 0 aliphatic carbocycles. The van der Waals surface area contributed by atoms with Crippen molar-refractivity contribution in [3.05, 3.63) is 70.5 Å². The Morgan fingerprint density at radius 1 is 1.24 bits per heavy atom. The molecule has 0 saturated carbocycles. The van der Waals surface area contributed by atoms with Crippen molar-refractivity contribution in [2.45, 2.75) is 6.61 Å². The van der Waals surface area contributed by atoms with Crippen LogP contribution in [0.15, 0.2) is 48.5 Å². The van der Waals surface area contributed by atoms with Gasteiger partial charge in [0, 0.05) is 6.08 Å². The van der Waals surface area contributed by atoms with Gasteiger partial charge in [-0.05, 0) is 41.5 Å². The molecule has 3 nitrogen and oxygen atoms in total. The van der Waals surface area contributed by atoms with Crippen molar-refractivity contribution < 1.29 is 19.0 Å². The van der Waals surface area contributed by atoms with Crippen LogP contribution >= 0.6 is 11.6 Å². The molecule has 5 heteroatoms. The summed E-state index contributed by atoms with van der Waals surface area (Å²) in [6.07, 6.45) is 2.55. The van der Waals surface area contributed by atoms with E-state index in [1.807, 2.05) is 0 Å². The summed E-state index contributed by atoms with van der Waals surface area (Å²) in [6, 6.07) is 11.4. The van der Waals surface area contributed by atoms with E-state index in [0.29, 0.717) is 11.3 Å². The number of carbonyl (C=O) groups is 1. The number of rotatable bonds is 5. The standard InChI is InChI=1S/C16H12ClFO3/c17-14-7-3-12(9-15(14)18)10-21-13-5-1-11(2-6-13)4-8-16(19)20/h1-9H,10H2,(H,19,20)/b8-4+. The summed E-state index contributed by atoms with van der Waals surface area (Å²) >= 11 is 5.60. The molecule has 0 heterocycles. The Kier molecular flexibility index (Phi) is 4.95. The molecule has 0 amide bonds. The van der Waals surface area contributed by atoms with E-state index < -0.39 is 11.8 Å². The molecule has 0 saturated heterocycles. The van der Waals surface area contributed by atoms with Crippen LogP contribution in [0.25, 0.3) is 6.08 Å². The van der Waals surface area contributed by atoms with Crippen LogP contribution in [0.5, 0.6) is 5.75 Å². The van der Waals surface area contributed by atoms with Crippen molar-refractivity contribution in [1.29, 1.82) is 0 Å². The van der Waals surface area contributed by atoms with Gasteiger partial charge in [-0.1, -0.05) is 29.8 Å². The summed E-state index contributed by atoms with van der Waals surface area (Å²) in [4.78, 5) is 10.4. The summed E-state index contributed by atoms with van der Waals surface area (Å²) in [5.41, 5.74) is 1.43. The van der Waals surface area contributed by atoms with Crippen LogP contribution in [0.2, 0.25) is 5.02 Å². The first-order valence-electron chi connectivity index (χ1n) is 6.12. The lowest BCUT2D eigenvalue weighted by molar-refractivity contribution is -0.131. The topological polar surface area (TPSA) is 46.5 Å². The fraction of sp³-hybridized carbons (Fsp3) is 0.0625. The smallest absolute Gasteiger partial charge is 0.328 e. The number of hydrogen-bond acceptors (Lipinski definition) is 2. The Hall–Kier alpha value is -2.33. The van der Waals surface area contributed by atoms with Crippen LogP contribution in [0.1, 0.15) is 11.1 Å². The SMILES string of the molecule is O=C(O)/C=C/c1ccc(OCc2ccc(Cl)c(F)c2)cc1. The van der Waals surface area contributed by atoms with Gasteiger partial charge in [0.15, 0.2) is 0 Å². The maximum Gasteiger partial charge on any atom is 0.328 e. The normalized spacial score (nSPS) is 10.8. The molecule has 0 radical (unpaired) electrons. The van der Waals surface area contributed by atoms with Crippen molar-refractivity contribution >= 4 is 23.6 Å². The summed E-state index contributed by atoms with van der Waals surface area (Å²) in [6.45, 7) is 0.221. The van der Waals surface area contributed by atoms with Crippen LogP contribution in [-0.2, 0) is 11.4 Å². The van der Waals surface area contributed by atoms with Crippen molar-refractivity contribution in [2.75, 3.05) is 0 Å². The first-order chi connectivity index (χ1) is 10.0. The van der Waals surface area contributed by atoms with Gasteiger partial charge < -0.3 is 9.84 Å². The van der Waals surface area contributed by atoms with Crippen LogP contribution < -0.4 is 4.74 Å². The third-order valence-electron chi connectivity index (χ3n) is 2.69. The minimum Gasteiger partial charge on any atom is -0.489 e. The van der Waals surface area contributed by atoms with E-state index in [0.717, 1.165) is 11.6 Å². The number of halogens is 2. The summed E-state index contributed by atoms with van der Waals surface area (Å²) in [5, 5.41) is 8.61. The second-order valence-electron chi connectivity index (χ2n) is 4.28. The number of ether oxygens (including phenoxy) is 1. The summed E-state index contributed by atoms with van der Waals surface area (Å²) in [7, 11) is 0. The van der Waals surface area contributed by atoms with E-state index in [1.165, 1.54) is 18.2 Å². The second-order valence-corrected chi connectivity index (χ2v) is 4.68. The van der Waals surface area contributed by atoms with Gasteiger partial charge in [0.2, 0.25) is 0 Å². The van der Waals surface area contributed by atoms with Gasteiger partial charge in [0.25, 0.3) is 0 Å². The molecule has 0 aliphatic rings. The van der Waals surface area contributed by atoms with Crippen LogP contribution in [-0.4, -0.2) is 11.1 Å². The minimum atomic E-state index is -1.000. The molecule has 0 spiro atoms. The Bertz CT molecular complexity index is 666. The van der Waals surface area contributed by atoms with Gasteiger partial charge >= 0.3 is 5.97 Å². The van der Waals surface area contributed by atoms with E-state index in [1.54, 1.807) is 30.3 Å². The highest BCUT2D eigenvalue weighted by molar-refractivity contribution is 6.30. The molecular formula is C16H12ClFO3. The molecule has 0 aromatic heterocycles. The van der Waals surface area contributed by atoms with Gasteiger partial charge in [0.05, 0.1) is 5.02 Å². The van der Waals surface area contributed by atoms with Gasteiger partial charge in [-0.3, -0.25) is 0 Å². The van der Waals surface area contributed by atoms with E-state index in [2.05, 4.69) is 0 Å². The third-order valence-corrected chi connectivity index (χ3v) is 2.99. The maximum atomic E-state index is 13.3. The fourth-order valence-electron chi connectivity index (χ4n) is 1.64. The van der Waals surface area contributed by atoms with Gasteiger partial charge in [-0.2, -0.15) is 0 Å². The van der Waals surface area contributed by atoms with Crippen molar-refractivity contribution in [3.8, 4) is 5.75 Å². The predicted molar refractivity (Wildman–Crippen MR) is 78.9 cm³/mol. The van der Waals surface area contributed by atoms with E-state index in [4.69, 9.17) is 21.4 Å². The summed E-state index contributed by atoms with van der Waals surface area (Å²) < 4.78 is 18.8. The molecule has 0 unspecified atom stereocenters. The number of benzene rings is 2. The largest absolute Gasteiger partial charge is 0.489 e. The molecule has 0 atom stereocenters. The number of aliphatic carboxylic acids is 1. The highest BCUT2D eigenvalue weighted by Gasteiger charge is 2.02. The molecule has 108 valence electrons. The van der Waals surface area contributed by atoms with Crippen molar-refractivity contribution in [3.63, 3.8) is 0 Å². The van der Waals surface area contributed by atoms with E-state index in [-0.39, 0.29) is 11.6 Å².